The van der Waals surface area contributed by atoms with Gasteiger partial charge in [0.15, 0.2) is 0 Å². The summed E-state index contributed by atoms with van der Waals surface area (Å²) < 4.78 is 2.61. The van der Waals surface area contributed by atoms with E-state index in [4.69, 9.17) is 0 Å². The van der Waals surface area contributed by atoms with E-state index in [9.17, 15) is 0 Å². The number of nitrogens with zero attached hydrogens (tertiary/aromatic N) is 1. The summed E-state index contributed by atoms with van der Waals surface area (Å²) >= 11 is 0. The Bertz CT molecular complexity index is 1070. The Hall–Kier alpha value is -2.30. The molecule has 1 aliphatic rings. The Morgan fingerprint density at radius 2 is 1.00 bits per heavy atom. The maximum absolute atomic E-state index is 2.61. The Balaban J connectivity index is 1.36. The van der Waals surface area contributed by atoms with Crippen molar-refractivity contribution < 1.29 is 0 Å². The highest BCUT2D eigenvalue weighted by Gasteiger charge is 2.36. The largest absolute Gasteiger partial charge is 0.278 e. The zero-order chi connectivity index (χ0) is 23.9. The van der Waals surface area contributed by atoms with Crippen molar-refractivity contribution in [2.24, 2.45) is 0 Å². The van der Waals surface area contributed by atoms with E-state index in [1.165, 1.54) is 40.5 Å². The molecule has 0 aliphatic heterocycles. The Kier molecular flexibility index (Phi) is 8.43. The van der Waals surface area contributed by atoms with Crippen molar-refractivity contribution in [3.63, 3.8) is 0 Å². The van der Waals surface area contributed by atoms with Crippen LogP contribution in [0, 0.1) is 11.6 Å². The molecule has 0 saturated heterocycles. The van der Waals surface area contributed by atoms with E-state index < -0.39 is 16.0 Å². The molecule has 4 aromatic rings. The van der Waals surface area contributed by atoms with Crippen LogP contribution in [0.3, 0.4) is 0 Å². The number of benzene rings is 4. The summed E-state index contributed by atoms with van der Waals surface area (Å²) in [5.74, 6) is 1.70. The molecule has 35 heavy (non-hydrogen) atoms. The summed E-state index contributed by atoms with van der Waals surface area (Å²) in [6.45, 7) is 1.08. The van der Waals surface area contributed by atoms with Crippen LogP contribution in [0.4, 0.5) is 0 Å². The molecule has 0 heterocycles. The molecule has 5 rings (SSSR count). The van der Waals surface area contributed by atoms with Crippen molar-refractivity contribution in [2.45, 2.75) is 25.7 Å². The van der Waals surface area contributed by atoms with Gasteiger partial charge in [0.1, 0.15) is 0 Å². The summed E-state index contributed by atoms with van der Waals surface area (Å²) in [5, 5.41) is 5.81. The summed E-state index contributed by atoms with van der Waals surface area (Å²) in [6, 6.07) is 44.5. The first kappa shape index (κ1) is 24.4. The molecule has 0 bridgehead atoms. The molecule has 4 aromatic carbocycles. The normalized spacial score (nSPS) is 14.9. The zero-order valence-electron chi connectivity index (χ0n) is 20.4. The second-order valence-electron chi connectivity index (χ2n) is 9.02. The number of rotatable bonds is 9. The Morgan fingerprint density at radius 1 is 0.571 bits per heavy atom. The summed E-state index contributed by atoms with van der Waals surface area (Å²) in [5.41, 5.74) is 1.72. The van der Waals surface area contributed by atoms with Gasteiger partial charge in [-0.1, -0.05) is 128 Å². The molecule has 0 unspecified atom stereocenters. The first-order valence-electron chi connectivity index (χ1n) is 12.5. The van der Waals surface area contributed by atoms with Gasteiger partial charge >= 0.3 is 0 Å². The van der Waals surface area contributed by atoms with Crippen LogP contribution in [-0.2, 0) is 0 Å². The standard InChI is InChI=1S/C32H33NP2/c1-33(35(30-20-10-4-11-21-30)31-22-12-5-13-23-31)26-25-27-15-14-24-32(27)34(28-16-6-2-7-17-28)29-18-8-3-9-19-29/h2-13,16-23H,14-15,24-26H2,1H3. The van der Waals surface area contributed by atoms with E-state index >= 15 is 0 Å². The highest BCUT2D eigenvalue weighted by atomic mass is 31.1. The third-order valence-electron chi connectivity index (χ3n) is 6.68. The van der Waals surface area contributed by atoms with Gasteiger partial charge in [0, 0.05) is 20.3 Å². The molecule has 176 valence electrons. The molecule has 0 atom stereocenters. The smallest absolute Gasteiger partial charge is 0.0278 e. The van der Waals surface area contributed by atoms with Gasteiger partial charge in [0.25, 0.3) is 0 Å². The maximum Gasteiger partial charge on any atom is 0.0278 e. The average Bonchev–Trinajstić information content (AvgIpc) is 3.38. The third-order valence-corrected chi connectivity index (χ3v) is 11.8. The highest BCUT2D eigenvalue weighted by Crippen LogP contribution is 2.58. The van der Waals surface area contributed by atoms with Crippen LogP contribution in [0.25, 0.3) is 0 Å². The molecular weight excluding hydrogens is 460 g/mol. The highest BCUT2D eigenvalue weighted by molar-refractivity contribution is 7.76. The molecule has 1 fully saturated rings. The van der Waals surface area contributed by atoms with E-state index in [0.717, 1.165) is 13.0 Å². The molecule has 2 radical (unpaired) electrons. The van der Waals surface area contributed by atoms with Gasteiger partial charge in [-0.3, -0.25) is 4.67 Å². The van der Waals surface area contributed by atoms with Crippen molar-refractivity contribution in [1.29, 1.82) is 0 Å². The van der Waals surface area contributed by atoms with Gasteiger partial charge in [0.2, 0.25) is 0 Å². The van der Waals surface area contributed by atoms with Gasteiger partial charge in [-0.2, -0.15) is 0 Å². The lowest BCUT2D eigenvalue weighted by atomic mass is 10.0. The molecule has 0 N–H and O–H groups in total. The monoisotopic (exact) mass is 493 g/mol. The molecule has 0 spiro atoms. The minimum Gasteiger partial charge on any atom is -0.278 e. The van der Waals surface area contributed by atoms with Gasteiger partial charge in [-0.05, 0) is 61.4 Å². The van der Waals surface area contributed by atoms with E-state index in [0.29, 0.717) is 0 Å². The fourth-order valence-electron chi connectivity index (χ4n) is 5.02. The minimum absolute atomic E-state index is 0.459. The predicted octanol–water partition coefficient (Wildman–Crippen LogP) is 6.78. The lowest BCUT2D eigenvalue weighted by Gasteiger charge is -2.33. The molecule has 0 amide bonds. The second kappa shape index (κ2) is 12.1. The van der Waals surface area contributed by atoms with Crippen LogP contribution in [0.15, 0.2) is 121 Å². The van der Waals surface area contributed by atoms with Crippen LogP contribution in [0.2, 0.25) is 0 Å². The van der Waals surface area contributed by atoms with Gasteiger partial charge < -0.3 is 0 Å². The van der Waals surface area contributed by atoms with Gasteiger partial charge in [0.05, 0.1) is 0 Å². The fraction of sp³-hybridized carbons (Fsp3) is 0.188. The van der Waals surface area contributed by atoms with E-state index in [2.05, 4.69) is 133 Å². The topological polar surface area (TPSA) is 3.24 Å². The number of hydrogen-bond acceptors (Lipinski definition) is 1. The summed E-state index contributed by atoms with van der Waals surface area (Å²) in [7, 11) is 1.33. The molecule has 3 heteroatoms. The van der Waals surface area contributed by atoms with Crippen LogP contribution in [0.1, 0.15) is 25.7 Å². The Labute approximate surface area is 213 Å². The summed E-state index contributed by atoms with van der Waals surface area (Å²) in [6.07, 6.45) is 4.93. The van der Waals surface area contributed by atoms with Gasteiger partial charge in [-0.15, -0.1) is 0 Å². The lowest BCUT2D eigenvalue weighted by Crippen LogP contribution is -2.28. The second-order valence-corrected chi connectivity index (χ2v) is 13.6. The molecular formula is C32H33NP2. The van der Waals surface area contributed by atoms with Crippen LogP contribution in [0.5, 0.6) is 0 Å². The first-order valence-corrected chi connectivity index (χ1v) is 15.2. The average molecular weight is 494 g/mol. The molecule has 1 saturated carbocycles. The van der Waals surface area contributed by atoms with Crippen LogP contribution < -0.4 is 21.2 Å². The lowest BCUT2D eigenvalue weighted by molar-refractivity contribution is 0.537. The van der Waals surface area contributed by atoms with Crippen molar-refractivity contribution in [3.8, 4) is 0 Å². The van der Waals surface area contributed by atoms with Crippen molar-refractivity contribution in [2.75, 3.05) is 13.6 Å². The first-order chi connectivity index (χ1) is 17.3. The quantitative estimate of drug-likeness (QED) is 0.232. The fourth-order valence-corrected chi connectivity index (χ4v) is 10.1. The van der Waals surface area contributed by atoms with E-state index in [-0.39, 0.29) is 0 Å². The zero-order valence-corrected chi connectivity index (χ0v) is 22.2. The maximum atomic E-state index is 2.61. The van der Waals surface area contributed by atoms with Crippen LogP contribution >= 0.6 is 16.0 Å². The SMILES string of the molecule is CN(CC[C]1CCC[C]1P(c1ccccc1)c1ccccc1)P(c1ccccc1)c1ccccc1. The van der Waals surface area contributed by atoms with Crippen molar-refractivity contribution in [1.82, 2.24) is 4.67 Å². The van der Waals surface area contributed by atoms with Crippen molar-refractivity contribution in [3.05, 3.63) is 133 Å². The minimum atomic E-state index is -0.534. The predicted molar refractivity (Wildman–Crippen MR) is 156 cm³/mol. The van der Waals surface area contributed by atoms with Crippen LogP contribution in [-0.4, -0.2) is 18.3 Å². The molecule has 1 aliphatic carbocycles. The van der Waals surface area contributed by atoms with E-state index in [1.807, 2.05) is 0 Å². The van der Waals surface area contributed by atoms with Crippen molar-refractivity contribution >= 4 is 37.2 Å². The van der Waals surface area contributed by atoms with Gasteiger partial charge in [-0.25, -0.2) is 0 Å². The summed E-state index contributed by atoms with van der Waals surface area (Å²) in [4.78, 5) is 0. The van der Waals surface area contributed by atoms with E-state index in [1.54, 1.807) is 11.6 Å². The third kappa shape index (κ3) is 5.92. The Morgan fingerprint density at radius 3 is 1.46 bits per heavy atom. The number of hydrogen-bond donors (Lipinski definition) is 0. The molecule has 0 aromatic heterocycles. The molecule has 1 nitrogen and oxygen atoms in total.